The molecule has 0 aliphatic carbocycles. The van der Waals surface area contributed by atoms with Gasteiger partial charge < -0.3 is 10.1 Å². The third-order valence-electron chi connectivity index (χ3n) is 2.83. The molecule has 0 fully saturated rings. The summed E-state index contributed by atoms with van der Waals surface area (Å²) in [6.07, 6.45) is 0. The van der Waals surface area contributed by atoms with Crippen LogP contribution in [0.4, 0.5) is 10.1 Å². The molecule has 0 bridgehead atoms. The zero-order valence-corrected chi connectivity index (χ0v) is 10.5. The van der Waals surface area contributed by atoms with Gasteiger partial charge in [-0.1, -0.05) is 24.3 Å². The Morgan fingerprint density at radius 3 is 2.44 bits per heavy atom. The van der Waals surface area contributed by atoms with Gasteiger partial charge in [-0.25, -0.2) is 4.39 Å². The Hall–Kier alpha value is -2.03. The quantitative estimate of drug-likeness (QED) is 0.878. The Balaban J connectivity index is 2.14. The molecule has 3 heteroatoms. The van der Waals surface area contributed by atoms with E-state index in [1.54, 1.807) is 6.07 Å². The van der Waals surface area contributed by atoms with E-state index in [2.05, 4.69) is 5.32 Å². The van der Waals surface area contributed by atoms with Crippen LogP contribution in [0.25, 0.3) is 0 Å². The van der Waals surface area contributed by atoms with Gasteiger partial charge in [0.25, 0.3) is 0 Å². The number of anilines is 1. The highest BCUT2D eigenvalue weighted by Gasteiger charge is 2.09. The molecule has 0 radical (unpaired) electrons. The molecule has 0 heterocycles. The molecule has 0 aliphatic heterocycles. The molecule has 1 atom stereocenters. The average molecular weight is 245 g/mol. The van der Waals surface area contributed by atoms with Crippen molar-refractivity contribution in [1.29, 1.82) is 0 Å². The van der Waals surface area contributed by atoms with Gasteiger partial charge in [-0.05, 0) is 36.8 Å². The first-order valence-corrected chi connectivity index (χ1v) is 5.85. The van der Waals surface area contributed by atoms with Gasteiger partial charge in [-0.3, -0.25) is 0 Å². The molecule has 0 spiro atoms. The molecule has 0 saturated heterocycles. The first kappa shape index (κ1) is 12.4. The summed E-state index contributed by atoms with van der Waals surface area (Å²) in [4.78, 5) is 0. The lowest BCUT2D eigenvalue weighted by molar-refractivity contribution is 0.386. The molecule has 1 N–H and O–H groups in total. The predicted molar refractivity (Wildman–Crippen MR) is 71.4 cm³/mol. The molecule has 0 aromatic heterocycles. The van der Waals surface area contributed by atoms with E-state index in [0.717, 1.165) is 11.3 Å². The van der Waals surface area contributed by atoms with Crippen molar-refractivity contribution in [2.24, 2.45) is 0 Å². The summed E-state index contributed by atoms with van der Waals surface area (Å²) >= 11 is 0. The van der Waals surface area contributed by atoms with E-state index in [9.17, 15) is 4.39 Å². The summed E-state index contributed by atoms with van der Waals surface area (Å²) in [5, 5.41) is 3.32. The number of para-hydroxylation sites is 1. The van der Waals surface area contributed by atoms with Crippen molar-refractivity contribution in [2.75, 3.05) is 12.4 Å². The van der Waals surface area contributed by atoms with Gasteiger partial charge in [0.1, 0.15) is 0 Å². The van der Waals surface area contributed by atoms with E-state index in [1.165, 1.54) is 13.2 Å². The van der Waals surface area contributed by atoms with Crippen LogP contribution < -0.4 is 10.1 Å². The highest BCUT2D eigenvalue weighted by Crippen LogP contribution is 2.24. The maximum atomic E-state index is 13.6. The monoisotopic (exact) mass is 245 g/mol. The molecule has 2 nitrogen and oxygen atoms in total. The van der Waals surface area contributed by atoms with Gasteiger partial charge in [0.05, 0.1) is 7.11 Å². The molecule has 1 unspecified atom stereocenters. The summed E-state index contributed by atoms with van der Waals surface area (Å²) in [5.74, 6) is -0.0672. The van der Waals surface area contributed by atoms with Crippen LogP contribution in [0.1, 0.15) is 18.5 Å². The second-order valence-electron chi connectivity index (χ2n) is 4.13. The zero-order valence-electron chi connectivity index (χ0n) is 10.5. The molecule has 0 amide bonds. The van der Waals surface area contributed by atoms with Crippen LogP contribution in [0, 0.1) is 5.82 Å². The van der Waals surface area contributed by atoms with Crippen LogP contribution in [-0.4, -0.2) is 7.11 Å². The van der Waals surface area contributed by atoms with Crippen LogP contribution in [0.15, 0.2) is 48.5 Å². The number of methoxy groups -OCH3 is 1. The predicted octanol–water partition coefficient (Wildman–Crippen LogP) is 4.01. The Bertz CT molecular complexity index is 513. The first-order valence-electron chi connectivity index (χ1n) is 5.85. The van der Waals surface area contributed by atoms with Crippen LogP contribution in [0.3, 0.4) is 0 Å². The van der Waals surface area contributed by atoms with Crippen molar-refractivity contribution in [1.82, 2.24) is 0 Å². The normalized spacial score (nSPS) is 11.9. The van der Waals surface area contributed by atoms with Gasteiger partial charge in [0, 0.05) is 11.7 Å². The molecule has 18 heavy (non-hydrogen) atoms. The van der Waals surface area contributed by atoms with Crippen molar-refractivity contribution >= 4 is 5.69 Å². The third kappa shape index (κ3) is 2.80. The summed E-state index contributed by atoms with van der Waals surface area (Å²) in [6, 6.07) is 14.9. The number of halogens is 1. The summed E-state index contributed by atoms with van der Waals surface area (Å²) in [5.41, 5.74) is 1.90. The van der Waals surface area contributed by atoms with Crippen LogP contribution in [0.2, 0.25) is 0 Å². The summed E-state index contributed by atoms with van der Waals surface area (Å²) < 4.78 is 18.5. The molecule has 2 rings (SSSR count). The van der Waals surface area contributed by atoms with Crippen molar-refractivity contribution < 1.29 is 9.13 Å². The molecular weight excluding hydrogens is 229 g/mol. The van der Waals surface area contributed by atoms with Crippen LogP contribution >= 0.6 is 0 Å². The zero-order chi connectivity index (χ0) is 13.0. The maximum absolute atomic E-state index is 13.6. The van der Waals surface area contributed by atoms with Gasteiger partial charge >= 0.3 is 0 Å². The fourth-order valence-electron chi connectivity index (χ4n) is 1.82. The Morgan fingerprint density at radius 2 is 1.83 bits per heavy atom. The van der Waals surface area contributed by atoms with E-state index < -0.39 is 0 Å². The number of ether oxygens (including phenoxy) is 1. The number of hydrogen-bond acceptors (Lipinski definition) is 2. The number of rotatable bonds is 4. The second kappa shape index (κ2) is 5.54. The minimum atomic E-state index is -0.336. The minimum Gasteiger partial charge on any atom is -0.494 e. The minimum absolute atomic E-state index is 0.0350. The topological polar surface area (TPSA) is 21.3 Å². The van der Waals surface area contributed by atoms with E-state index in [0.29, 0.717) is 0 Å². The fourth-order valence-corrected chi connectivity index (χ4v) is 1.82. The lowest BCUT2D eigenvalue weighted by Crippen LogP contribution is -2.07. The first-order chi connectivity index (χ1) is 8.70. The van der Waals surface area contributed by atoms with Gasteiger partial charge in [-0.2, -0.15) is 0 Å². The van der Waals surface area contributed by atoms with Crippen molar-refractivity contribution in [2.45, 2.75) is 13.0 Å². The largest absolute Gasteiger partial charge is 0.494 e. The second-order valence-corrected chi connectivity index (χ2v) is 4.13. The number of hydrogen-bond donors (Lipinski definition) is 1. The van der Waals surface area contributed by atoms with E-state index in [4.69, 9.17) is 4.74 Å². The van der Waals surface area contributed by atoms with Gasteiger partial charge in [0.2, 0.25) is 0 Å². The summed E-state index contributed by atoms with van der Waals surface area (Å²) in [7, 11) is 1.46. The maximum Gasteiger partial charge on any atom is 0.165 e. The van der Waals surface area contributed by atoms with Crippen LogP contribution in [-0.2, 0) is 0 Å². The standard InChI is InChI=1S/C15H16FNO/c1-11(17-13-6-4-3-5-7-13)12-8-9-15(18-2)14(16)10-12/h3-11,17H,1-2H3. The van der Waals surface area contributed by atoms with E-state index in [1.807, 2.05) is 43.3 Å². The highest BCUT2D eigenvalue weighted by atomic mass is 19.1. The van der Waals surface area contributed by atoms with Gasteiger partial charge in [0.15, 0.2) is 11.6 Å². The summed E-state index contributed by atoms with van der Waals surface area (Å²) in [6.45, 7) is 1.99. The van der Waals surface area contributed by atoms with Crippen molar-refractivity contribution in [3.05, 3.63) is 59.9 Å². The van der Waals surface area contributed by atoms with E-state index >= 15 is 0 Å². The fraction of sp³-hybridized carbons (Fsp3) is 0.200. The molecule has 0 aliphatic rings. The number of nitrogens with one attached hydrogen (secondary N) is 1. The molecule has 0 saturated carbocycles. The Morgan fingerprint density at radius 1 is 1.11 bits per heavy atom. The Labute approximate surface area is 106 Å². The van der Waals surface area contributed by atoms with Crippen LogP contribution in [0.5, 0.6) is 5.75 Å². The lowest BCUT2D eigenvalue weighted by atomic mass is 10.1. The van der Waals surface area contributed by atoms with Crippen molar-refractivity contribution in [3.63, 3.8) is 0 Å². The molecule has 2 aromatic rings. The van der Waals surface area contributed by atoms with E-state index in [-0.39, 0.29) is 17.6 Å². The smallest absolute Gasteiger partial charge is 0.165 e. The molecule has 94 valence electrons. The molecular formula is C15H16FNO. The lowest BCUT2D eigenvalue weighted by Gasteiger charge is -2.16. The molecule has 2 aromatic carbocycles. The third-order valence-corrected chi connectivity index (χ3v) is 2.83. The SMILES string of the molecule is COc1ccc(C(C)Nc2ccccc2)cc1F. The average Bonchev–Trinajstić information content (AvgIpc) is 2.39. The van der Waals surface area contributed by atoms with Gasteiger partial charge in [-0.15, -0.1) is 0 Å². The highest BCUT2D eigenvalue weighted by molar-refractivity contribution is 5.45. The Kier molecular flexibility index (Phi) is 3.82. The number of benzene rings is 2. The van der Waals surface area contributed by atoms with Crippen molar-refractivity contribution in [3.8, 4) is 5.75 Å².